The fourth-order valence-electron chi connectivity index (χ4n) is 5.86. The van der Waals surface area contributed by atoms with Gasteiger partial charge in [0.15, 0.2) is 0 Å². The number of fused-ring (bicyclic) bond motifs is 3. The molecule has 1 N–H and O–H groups in total. The molecule has 3 nitrogen and oxygen atoms in total. The van der Waals surface area contributed by atoms with Crippen molar-refractivity contribution >= 4 is 0 Å². The minimum atomic E-state index is 0.262. The van der Waals surface area contributed by atoms with E-state index in [1.54, 1.807) is 0 Å². The van der Waals surface area contributed by atoms with Crippen LogP contribution in [0.4, 0.5) is 0 Å². The van der Waals surface area contributed by atoms with Gasteiger partial charge in [-0.2, -0.15) is 0 Å². The van der Waals surface area contributed by atoms with E-state index in [1.807, 2.05) is 13.0 Å². The van der Waals surface area contributed by atoms with Crippen LogP contribution in [-0.2, 0) is 18.3 Å². The van der Waals surface area contributed by atoms with Gasteiger partial charge in [0.2, 0.25) is 0 Å². The molecule has 0 radical (unpaired) electrons. The number of nitrogens with zero attached hydrogens (tertiary/aromatic N) is 1. The molecule has 2 heterocycles. The number of rotatable bonds is 8. The monoisotopic (exact) mass is 395 g/mol. The molecule has 1 saturated heterocycles. The molecule has 2 aromatic rings. The Bertz CT molecular complexity index is 811. The average molecular weight is 396 g/mol. The Labute approximate surface area is 176 Å². The van der Waals surface area contributed by atoms with E-state index < -0.39 is 0 Å². The van der Waals surface area contributed by atoms with Crippen molar-refractivity contribution in [3.05, 3.63) is 53.0 Å². The van der Waals surface area contributed by atoms with E-state index in [1.165, 1.54) is 62.6 Å². The lowest BCUT2D eigenvalue weighted by molar-refractivity contribution is 0.0679. The van der Waals surface area contributed by atoms with Gasteiger partial charge in [0.25, 0.3) is 0 Å². The lowest BCUT2D eigenvalue weighted by Crippen LogP contribution is -2.52. The number of benzene rings is 1. The van der Waals surface area contributed by atoms with Crippen LogP contribution in [0.3, 0.4) is 0 Å². The predicted molar refractivity (Wildman–Crippen MR) is 119 cm³/mol. The minimum Gasteiger partial charge on any atom is -0.508 e. The van der Waals surface area contributed by atoms with Crippen LogP contribution in [0.15, 0.2) is 34.7 Å². The van der Waals surface area contributed by atoms with Crippen LogP contribution in [0.2, 0.25) is 0 Å². The van der Waals surface area contributed by atoms with Crippen molar-refractivity contribution in [3.8, 4) is 5.75 Å². The maximum absolute atomic E-state index is 10.2. The third-order valence-corrected chi connectivity index (χ3v) is 7.47. The van der Waals surface area contributed by atoms with Crippen molar-refractivity contribution in [2.24, 2.45) is 5.92 Å². The average Bonchev–Trinajstić information content (AvgIpc) is 3.15. The Hall–Kier alpha value is -1.74. The highest BCUT2D eigenvalue weighted by atomic mass is 16.3. The zero-order chi connectivity index (χ0) is 20.3. The van der Waals surface area contributed by atoms with Gasteiger partial charge in [0.05, 0.1) is 0 Å². The van der Waals surface area contributed by atoms with Gasteiger partial charge in [-0.3, -0.25) is 0 Å². The zero-order valence-corrected chi connectivity index (χ0v) is 18.3. The molecule has 0 spiro atoms. The fraction of sp³-hybridized carbons (Fsp3) is 0.615. The molecule has 4 rings (SSSR count). The second kappa shape index (κ2) is 8.95. The van der Waals surface area contributed by atoms with Crippen molar-refractivity contribution in [1.29, 1.82) is 0 Å². The molecule has 1 aliphatic carbocycles. The summed E-state index contributed by atoms with van der Waals surface area (Å²) in [6.45, 7) is 7.73. The van der Waals surface area contributed by atoms with Crippen molar-refractivity contribution in [2.45, 2.75) is 77.0 Å². The standard InChI is InChI=1S/C26H37NO2/c1-3-4-5-6-14-26-15-17-27(16-13-24-12-7-20(2)29-24)19-22(26)10-8-21-9-11-23(28)18-25(21)26/h7,9,11-12,18,22,28H,3-6,8,10,13-17,19H2,1-2H3. The summed E-state index contributed by atoms with van der Waals surface area (Å²) in [6.07, 6.45) is 11.2. The number of aryl methyl sites for hydroxylation is 2. The van der Waals surface area contributed by atoms with Crippen LogP contribution in [0.1, 0.15) is 74.5 Å². The molecular formula is C26H37NO2. The molecule has 2 unspecified atom stereocenters. The molecule has 2 aliphatic rings. The molecule has 2 atom stereocenters. The number of hydrogen-bond acceptors (Lipinski definition) is 3. The molecular weight excluding hydrogens is 358 g/mol. The van der Waals surface area contributed by atoms with E-state index >= 15 is 0 Å². The second-order valence-electron chi connectivity index (χ2n) is 9.36. The lowest BCUT2D eigenvalue weighted by Gasteiger charge is -2.52. The van der Waals surface area contributed by atoms with E-state index in [2.05, 4.69) is 36.1 Å². The Morgan fingerprint density at radius 2 is 2.07 bits per heavy atom. The molecule has 29 heavy (non-hydrogen) atoms. The summed E-state index contributed by atoms with van der Waals surface area (Å²) in [5, 5.41) is 10.2. The Morgan fingerprint density at radius 1 is 1.17 bits per heavy atom. The number of phenols is 1. The van der Waals surface area contributed by atoms with Gasteiger partial charge in [-0.15, -0.1) is 0 Å². The molecule has 0 bridgehead atoms. The first-order valence-electron chi connectivity index (χ1n) is 11.7. The van der Waals surface area contributed by atoms with Crippen LogP contribution in [0, 0.1) is 12.8 Å². The van der Waals surface area contributed by atoms with Crippen LogP contribution in [-0.4, -0.2) is 29.6 Å². The number of likely N-dealkylation sites (tertiary alicyclic amines) is 1. The molecule has 1 aromatic carbocycles. The van der Waals surface area contributed by atoms with Gasteiger partial charge in [0.1, 0.15) is 17.3 Å². The summed E-state index contributed by atoms with van der Waals surface area (Å²) >= 11 is 0. The van der Waals surface area contributed by atoms with Crippen molar-refractivity contribution in [3.63, 3.8) is 0 Å². The largest absolute Gasteiger partial charge is 0.508 e. The molecule has 0 amide bonds. The van der Waals surface area contributed by atoms with Crippen LogP contribution in [0.25, 0.3) is 0 Å². The number of aromatic hydroxyl groups is 1. The topological polar surface area (TPSA) is 36.6 Å². The smallest absolute Gasteiger partial charge is 0.115 e. The molecule has 1 aliphatic heterocycles. The van der Waals surface area contributed by atoms with E-state index in [0.717, 1.165) is 37.5 Å². The Balaban J connectivity index is 1.49. The van der Waals surface area contributed by atoms with Gasteiger partial charge in [-0.05, 0) is 80.5 Å². The van der Waals surface area contributed by atoms with Crippen molar-refractivity contribution in [1.82, 2.24) is 4.90 Å². The Morgan fingerprint density at radius 3 is 2.86 bits per heavy atom. The lowest BCUT2D eigenvalue weighted by atomic mass is 9.57. The third kappa shape index (κ3) is 4.40. The quantitative estimate of drug-likeness (QED) is 0.556. The normalized spacial score (nSPS) is 24.3. The number of piperidine rings is 1. The fourth-order valence-corrected chi connectivity index (χ4v) is 5.86. The molecule has 0 saturated carbocycles. The first-order valence-corrected chi connectivity index (χ1v) is 11.7. The van der Waals surface area contributed by atoms with Crippen LogP contribution < -0.4 is 0 Å². The SMILES string of the molecule is CCCCCCC12CCN(CCc3ccc(C)o3)CC1CCc1ccc(O)cc12. The number of hydrogen-bond donors (Lipinski definition) is 1. The van der Waals surface area contributed by atoms with E-state index in [4.69, 9.17) is 4.42 Å². The first-order chi connectivity index (χ1) is 14.1. The predicted octanol–water partition coefficient (Wildman–Crippen LogP) is 6.01. The summed E-state index contributed by atoms with van der Waals surface area (Å²) in [6, 6.07) is 10.3. The van der Waals surface area contributed by atoms with Gasteiger partial charge in [-0.1, -0.05) is 38.7 Å². The minimum absolute atomic E-state index is 0.262. The number of unbranched alkanes of at least 4 members (excludes halogenated alkanes) is 3. The highest BCUT2D eigenvalue weighted by Gasteiger charge is 2.46. The number of furan rings is 1. The molecule has 3 heteroatoms. The molecule has 1 fully saturated rings. The van der Waals surface area contributed by atoms with Crippen LogP contribution >= 0.6 is 0 Å². The van der Waals surface area contributed by atoms with E-state index in [-0.39, 0.29) is 5.41 Å². The van der Waals surface area contributed by atoms with Crippen molar-refractivity contribution in [2.75, 3.05) is 19.6 Å². The Kier molecular flexibility index (Phi) is 6.34. The van der Waals surface area contributed by atoms with Gasteiger partial charge in [-0.25, -0.2) is 0 Å². The highest BCUT2D eigenvalue weighted by Crippen LogP contribution is 2.50. The summed E-state index contributed by atoms with van der Waals surface area (Å²) in [5.41, 5.74) is 3.21. The third-order valence-electron chi connectivity index (χ3n) is 7.47. The van der Waals surface area contributed by atoms with Crippen LogP contribution in [0.5, 0.6) is 5.75 Å². The number of phenolic OH excluding ortho intramolecular Hbond substituents is 1. The van der Waals surface area contributed by atoms with Gasteiger partial charge in [0, 0.05) is 24.9 Å². The van der Waals surface area contributed by atoms with E-state index in [9.17, 15) is 5.11 Å². The van der Waals surface area contributed by atoms with Gasteiger partial charge < -0.3 is 14.4 Å². The van der Waals surface area contributed by atoms with Crippen molar-refractivity contribution < 1.29 is 9.52 Å². The summed E-state index contributed by atoms with van der Waals surface area (Å²) in [7, 11) is 0. The maximum atomic E-state index is 10.2. The van der Waals surface area contributed by atoms with E-state index in [0.29, 0.717) is 11.7 Å². The molecule has 1 aromatic heterocycles. The summed E-state index contributed by atoms with van der Waals surface area (Å²) in [5.74, 6) is 3.25. The molecule has 158 valence electrons. The first kappa shape index (κ1) is 20.5. The summed E-state index contributed by atoms with van der Waals surface area (Å²) < 4.78 is 5.78. The van der Waals surface area contributed by atoms with Gasteiger partial charge >= 0.3 is 0 Å². The maximum Gasteiger partial charge on any atom is 0.115 e. The second-order valence-corrected chi connectivity index (χ2v) is 9.36. The zero-order valence-electron chi connectivity index (χ0n) is 18.3. The highest BCUT2D eigenvalue weighted by molar-refractivity contribution is 5.43. The summed E-state index contributed by atoms with van der Waals surface area (Å²) in [4.78, 5) is 2.65.